The van der Waals surface area contributed by atoms with Crippen LogP contribution in [-0.4, -0.2) is 14.8 Å². The number of hydrogen-bond acceptors (Lipinski definition) is 3. The Morgan fingerprint density at radius 3 is 2.10 bits per heavy atom. The number of nitrogens with zero attached hydrogens (tertiary/aromatic N) is 3. The van der Waals surface area contributed by atoms with Crippen molar-refractivity contribution in [2.75, 3.05) is 0 Å². The van der Waals surface area contributed by atoms with Crippen molar-refractivity contribution in [3.8, 4) is 11.4 Å². The molecule has 94 valence electrons. The Labute approximate surface area is 166 Å². The second-order valence-corrected chi connectivity index (χ2v) is 4.61. The van der Waals surface area contributed by atoms with Crippen LogP contribution >= 0.6 is 0 Å². The van der Waals surface area contributed by atoms with Crippen molar-refractivity contribution in [3.05, 3.63) is 66.2 Å². The smallest absolute Gasteiger partial charge is 0.740 e. The second-order valence-electron chi connectivity index (χ2n) is 4.24. The summed E-state index contributed by atoms with van der Waals surface area (Å²) < 4.78 is 1.96. The maximum absolute atomic E-state index is 5.26. The van der Waals surface area contributed by atoms with Gasteiger partial charge in [-0.15, -0.1) is 5.10 Å². The van der Waals surface area contributed by atoms with Gasteiger partial charge in [-0.25, -0.2) is 0 Å². The van der Waals surface area contributed by atoms with E-state index < -0.39 is 0 Å². The third-order valence-electron chi connectivity index (χ3n) is 2.93. The van der Waals surface area contributed by atoms with Gasteiger partial charge in [-0.3, -0.25) is 0 Å². The molecule has 0 aliphatic heterocycles. The summed E-state index contributed by atoms with van der Waals surface area (Å²) in [5, 5.41) is 8.72. The van der Waals surface area contributed by atoms with Crippen LogP contribution in [-0.2, 0) is 19.2 Å². The molecule has 1 aromatic heterocycles. The van der Waals surface area contributed by atoms with Gasteiger partial charge in [0.15, 0.2) is 5.82 Å². The predicted octanol–water partition coefficient (Wildman–Crippen LogP) is -0.0968. The minimum atomic E-state index is 0. The number of hydrogen-bond donors (Lipinski definition) is 0. The Hall–Kier alpha value is -0.564. The van der Waals surface area contributed by atoms with Crippen molar-refractivity contribution in [3.63, 3.8) is 0 Å². The molecule has 0 amide bonds. The summed E-state index contributed by atoms with van der Waals surface area (Å²) in [6, 6.07) is 20.2. The Kier molecular flexibility index (Phi) is 5.89. The molecule has 0 saturated heterocycles. The van der Waals surface area contributed by atoms with Gasteiger partial charge in [-0.2, -0.15) is 5.10 Å². The number of rotatable bonds is 3. The summed E-state index contributed by atoms with van der Waals surface area (Å²) in [7, 11) is 0. The van der Waals surface area contributed by atoms with E-state index in [0.717, 1.165) is 11.4 Å². The van der Waals surface area contributed by atoms with Crippen molar-refractivity contribution >= 4 is 12.6 Å². The maximum atomic E-state index is 5.26. The molecule has 3 aromatic rings. The quantitative estimate of drug-likeness (QED) is 0.500. The zero-order chi connectivity index (χ0) is 13.1. The largest absolute Gasteiger partial charge is 1.00 e. The minimum absolute atomic E-state index is 0. The van der Waals surface area contributed by atoms with E-state index in [4.69, 9.17) is 12.6 Å². The van der Waals surface area contributed by atoms with Crippen molar-refractivity contribution in [1.29, 1.82) is 0 Å². The first-order valence-corrected chi connectivity index (χ1v) is 6.45. The summed E-state index contributed by atoms with van der Waals surface area (Å²) in [5.41, 5.74) is 2.22. The Morgan fingerprint density at radius 1 is 0.850 bits per heavy atom. The first-order valence-electron chi connectivity index (χ1n) is 6.04. The van der Waals surface area contributed by atoms with Gasteiger partial charge in [-0.05, 0) is 5.56 Å². The van der Waals surface area contributed by atoms with Crippen LogP contribution in [0.25, 0.3) is 11.4 Å². The SMILES string of the molecule is [K+].[S-]c1nnc(-c2ccccc2)n1Cc1ccccc1. The molecule has 3 nitrogen and oxygen atoms in total. The van der Waals surface area contributed by atoms with Crippen LogP contribution in [0.2, 0.25) is 0 Å². The van der Waals surface area contributed by atoms with Crippen molar-refractivity contribution in [1.82, 2.24) is 14.8 Å². The van der Waals surface area contributed by atoms with E-state index in [1.807, 2.05) is 53.1 Å². The third kappa shape index (κ3) is 3.55. The Morgan fingerprint density at radius 2 is 1.45 bits per heavy atom. The number of benzene rings is 2. The summed E-state index contributed by atoms with van der Waals surface area (Å²) >= 11 is 5.26. The summed E-state index contributed by atoms with van der Waals surface area (Å²) in [5.74, 6) is 0.814. The van der Waals surface area contributed by atoms with Crippen LogP contribution in [0.1, 0.15) is 5.56 Å². The fourth-order valence-electron chi connectivity index (χ4n) is 2.00. The zero-order valence-electron chi connectivity index (χ0n) is 11.2. The minimum Gasteiger partial charge on any atom is -0.740 e. The van der Waals surface area contributed by atoms with Crippen LogP contribution in [0.4, 0.5) is 0 Å². The number of aromatic nitrogens is 3. The van der Waals surface area contributed by atoms with Gasteiger partial charge in [0.2, 0.25) is 0 Å². The van der Waals surface area contributed by atoms with Crippen LogP contribution in [0.5, 0.6) is 0 Å². The molecule has 0 bridgehead atoms. The third-order valence-corrected chi connectivity index (χ3v) is 3.23. The van der Waals surface area contributed by atoms with Gasteiger partial charge in [0.05, 0.1) is 0 Å². The van der Waals surface area contributed by atoms with Gasteiger partial charge in [0, 0.05) is 17.3 Å². The molecule has 0 aliphatic rings. The summed E-state index contributed by atoms with van der Waals surface area (Å²) in [4.78, 5) is 0. The average molecular weight is 305 g/mol. The van der Waals surface area contributed by atoms with E-state index in [0.29, 0.717) is 11.7 Å². The van der Waals surface area contributed by atoms with Gasteiger partial charge >= 0.3 is 51.4 Å². The normalized spacial score (nSPS) is 10.0. The fourth-order valence-corrected chi connectivity index (χ4v) is 2.19. The van der Waals surface area contributed by atoms with E-state index in [1.165, 1.54) is 5.56 Å². The molecular weight excluding hydrogens is 293 g/mol. The van der Waals surface area contributed by atoms with E-state index in [1.54, 1.807) is 0 Å². The molecular formula is C15H12KN3S. The van der Waals surface area contributed by atoms with Gasteiger partial charge < -0.3 is 17.2 Å². The molecule has 1 heterocycles. The van der Waals surface area contributed by atoms with E-state index >= 15 is 0 Å². The Balaban J connectivity index is 0.00000147. The van der Waals surface area contributed by atoms with E-state index in [-0.39, 0.29) is 51.4 Å². The molecule has 0 N–H and O–H groups in total. The first kappa shape index (κ1) is 15.8. The maximum Gasteiger partial charge on any atom is 1.00 e. The predicted molar refractivity (Wildman–Crippen MR) is 76.6 cm³/mol. The molecule has 0 saturated carbocycles. The first-order chi connectivity index (χ1) is 9.34. The van der Waals surface area contributed by atoms with Crippen molar-refractivity contribution < 1.29 is 51.4 Å². The van der Waals surface area contributed by atoms with E-state index in [9.17, 15) is 0 Å². The van der Waals surface area contributed by atoms with Crippen LogP contribution < -0.4 is 51.4 Å². The standard InChI is InChI=1S/C15H13N3S.K/c19-15-17-16-14(13-9-5-2-6-10-13)18(15)11-12-7-3-1-4-8-12;/h1-10H,11H2,(H,17,19);/q;+1/p-1. The molecule has 0 atom stereocenters. The average Bonchev–Trinajstić information content (AvgIpc) is 2.82. The van der Waals surface area contributed by atoms with Crippen molar-refractivity contribution in [2.24, 2.45) is 0 Å². The Bertz CT molecular complexity index is 668. The van der Waals surface area contributed by atoms with Gasteiger partial charge in [-0.1, -0.05) is 60.7 Å². The molecule has 0 unspecified atom stereocenters. The monoisotopic (exact) mass is 305 g/mol. The molecule has 5 heteroatoms. The van der Waals surface area contributed by atoms with E-state index in [2.05, 4.69) is 22.3 Å². The molecule has 2 aromatic carbocycles. The zero-order valence-corrected chi connectivity index (χ0v) is 15.2. The topological polar surface area (TPSA) is 30.7 Å². The van der Waals surface area contributed by atoms with Crippen LogP contribution in [0.3, 0.4) is 0 Å². The molecule has 0 fully saturated rings. The van der Waals surface area contributed by atoms with Gasteiger partial charge in [0.25, 0.3) is 0 Å². The molecule has 0 aliphatic carbocycles. The molecule has 0 spiro atoms. The van der Waals surface area contributed by atoms with Crippen LogP contribution in [0, 0.1) is 0 Å². The summed E-state index contributed by atoms with van der Waals surface area (Å²) in [6.07, 6.45) is 0. The van der Waals surface area contributed by atoms with Gasteiger partial charge in [0.1, 0.15) is 0 Å². The summed E-state index contributed by atoms with van der Waals surface area (Å²) in [6.45, 7) is 0.691. The van der Waals surface area contributed by atoms with Crippen molar-refractivity contribution in [2.45, 2.75) is 11.7 Å². The fraction of sp³-hybridized carbons (Fsp3) is 0.0667. The second kappa shape index (κ2) is 7.45. The molecule has 20 heavy (non-hydrogen) atoms. The molecule has 3 rings (SSSR count). The molecule has 0 radical (unpaired) electrons. The van der Waals surface area contributed by atoms with Crippen LogP contribution in [0.15, 0.2) is 65.8 Å².